The van der Waals surface area contributed by atoms with E-state index in [1.807, 2.05) is 0 Å². The van der Waals surface area contributed by atoms with Crippen molar-refractivity contribution in [3.63, 3.8) is 0 Å². The molecule has 0 N–H and O–H groups in total. The van der Waals surface area contributed by atoms with Crippen molar-refractivity contribution >= 4 is 16.8 Å². The first kappa shape index (κ1) is 11.8. The highest BCUT2D eigenvalue weighted by Crippen LogP contribution is 2.19. The number of rotatable bonds is 2. The molecule has 1 aromatic carbocycles. The van der Waals surface area contributed by atoms with Crippen LogP contribution >= 0.6 is 0 Å². The lowest BCUT2D eigenvalue weighted by atomic mass is 10.1. The Hall–Kier alpha value is -1.23. The highest BCUT2D eigenvalue weighted by atomic mass is 32.2. The van der Waals surface area contributed by atoms with Crippen LogP contribution in [0.15, 0.2) is 17.0 Å². The Labute approximate surface area is 89.7 Å². The molecule has 1 unspecified atom stereocenters. The molecule has 0 spiro atoms. The molecule has 0 saturated heterocycles. The first-order valence-electron chi connectivity index (χ1n) is 4.20. The summed E-state index contributed by atoms with van der Waals surface area (Å²) >= 11 is 0. The average molecular weight is 230 g/mol. The highest BCUT2D eigenvalue weighted by molar-refractivity contribution is 7.84. The lowest BCUT2D eigenvalue weighted by Gasteiger charge is -2.07. The van der Waals surface area contributed by atoms with Gasteiger partial charge in [-0.15, -0.1) is 0 Å². The van der Waals surface area contributed by atoms with Gasteiger partial charge in [0.2, 0.25) is 0 Å². The predicted molar refractivity (Wildman–Crippen MR) is 54.8 cm³/mol. The van der Waals surface area contributed by atoms with Crippen molar-refractivity contribution in [2.75, 3.05) is 13.4 Å². The van der Waals surface area contributed by atoms with E-state index < -0.39 is 22.6 Å². The second kappa shape index (κ2) is 4.53. The molecule has 82 valence electrons. The summed E-state index contributed by atoms with van der Waals surface area (Å²) in [6, 6.07) is 2.76. The normalized spacial score (nSPS) is 12.3. The molecule has 0 aromatic heterocycles. The molecule has 1 rings (SSSR count). The second-order valence-corrected chi connectivity index (χ2v) is 4.34. The number of carbonyl (C=O) groups is 1. The summed E-state index contributed by atoms with van der Waals surface area (Å²) in [7, 11) is -0.0828. The lowest BCUT2D eigenvalue weighted by Crippen LogP contribution is -2.07. The summed E-state index contributed by atoms with van der Waals surface area (Å²) < 4.78 is 29.2. The van der Waals surface area contributed by atoms with Crippen LogP contribution in [0, 0.1) is 12.7 Å². The van der Waals surface area contributed by atoms with Crippen LogP contribution in [0.5, 0.6) is 0 Å². The number of ether oxygens (including phenoxy) is 1. The van der Waals surface area contributed by atoms with Crippen molar-refractivity contribution in [2.24, 2.45) is 0 Å². The van der Waals surface area contributed by atoms with E-state index in [9.17, 15) is 13.4 Å². The molecule has 0 aliphatic heterocycles. The Bertz CT molecular complexity index is 429. The van der Waals surface area contributed by atoms with E-state index in [1.54, 1.807) is 0 Å². The third-order valence-electron chi connectivity index (χ3n) is 2.05. The molecule has 3 nitrogen and oxygen atoms in total. The van der Waals surface area contributed by atoms with Gasteiger partial charge in [-0.2, -0.15) is 0 Å². The van der Waals surface area contributed by atoms with Gasteiger partial charge >= 0.3 is 5.97 Å². The van der Waals surface area contributed by atoms with Gasteiger partial charge in [-0.3, -0.25) is 4.21 Å². The Morgan fingerprint density at radius 2 is 2.07 bits per heavy atom. The molecular weight excluding hydrogens is 219 g/mol. The van der Waals surface area contributed by atoms with Crippen molar-refractivity contribution in [2.45, 2.75) is 11.8 Å². The zero-order valence-electron chi connectivity index (χ0n) is 8.67. The molecule has 0 amide bonds. The van der Waals surface area contributed by atoms with Crippen molar-refractivity contribution in [3.8, 4) is 0 Å². The number of esters is 1. The maximum absolute atomic E-state index is 13.6. The molecular formula is C10H11FO3S. The van der Waals surface area contributed by atoms with Crippen LogP contribution in [0.3, 0.4) is 0 Å². The molecule has 0 fully saturated rings. The average Bonchev–Trinajstić information content (AvgIpc) is 2.20. The summed E-state index contributed by atoms with van der Waals surface area (Å²) in [4.78, 5) is 11.5. The van der Waals surface area contributed by atoms with Gasteiger partial charge in [-0.25, -0.2) is 9.18 Å². The fourth-order valence-electron chi connectivity index (χ4n) is 1.25. The van der Waals surface area contributed by atoms with Gasteiger partial charge in [0, 0.05) is 16.7 Å². The van der Waals surface area contributed by atoms with E-state index >= 15 is 0 Å². The molecule has 1 atom stereocenters. The highest BCUT2D eigenvalue weighted by Gasteiger charge is 2.17. The summed E-state index contributed by atoms with van der Waals surface area (Å²) in [6.07, 6.45) is 1.46. The first-order valence-corrected chi connectivity index (χ1v) is 5.75. The predicted octanol–water partition coefficient (Wildman–Crippen LogP) is 1.66. The van der Waals surface area contributed by atoms with Crippen molar-refractivity contribution < 1.29 is 18.1 Å². The van der Waals surface area contributed by atoms with E-state index in [0.29, 0.717) is 4.90 Å². The third kappa shape index (κ3) is 2.23. The van der Waals surface area contributed by atoms with Gasteiger partial charge in [0.15, 0.2) is 0 Å². The summed E-state index contributed by atoms with van der Waals surface area (Å²) in [5.41, 5.74) is 0.0860. The Kier molecular flexibility index (Phi) is 3.57. The van der Waals surface area contributed by atoms with Crippen molar-refractivity contribution in [1.82, 2.24) is 0 Å². The zero-order chi connectivity index (χ0) is 11.6. The van der Waals surface area contributed by atoms with Crippen LogP contribution in [0.2, 0.25) is 0 Å². The molecule has 0 heterocycles. The fraction of sp³-hybridized carbons (Fsp3) is 0.300. The van der Waals surface area contributed by atoms with Crippen LogP contribution < -0.4 is 0 Å². The minimum atomic E-state index is -1.27. The standard InChI is InChI=1S/C10H11FO3S/c1-6-8(15(3)13)5-4-7(9(6)11)10(12)14-2/h4-5H,1-3H3. The van der Waals surface area contributed by atoms with E-state index in [2.05, 4.69) is 4.74 Å². The molecule has 15 heavy (non-hydrogen) atoms. The molecule has 0 aliphatic rings. The number of hydrogen-bond acceptors (Lipinski definition) is 3. The largest absolute Gasteiger partial charge is 0.465 e. The summed E-state index contributed by atoms with van der Waals surface area (Å²) in [6.45, 7) is 1.48. The Balaban J connectivity index is 3.33. The summed E-state index contributed by atoms with van der Waals surface area (Å²) in [5, 5.41) is 0. The van der Waals surface area contributed by atoms with E-state index in [4.69, 9.17) is 0 Å². The minimum Gasteiger partial charge on any atom is -0.465 e. The Morgan fingerprint density at radius 3 is 2.53 bits per heavy atom. The van der Waals surface area contributed by atoms with Crippen molar-refractivity contribution in [3.05, 3.63) is 29.1 Å². The lowest BCUT2D eigenvalue weighted by molar-refractivity contribution is 0.0595. The number of benzene rings is 1. The SMILES string of the molecule is COC(=O)c1ccc(S(C)=O)c(C)c1F. The monoisotopic (exact) mass is 230 g/mol. The molecule has 0 bridgehead atoms. The first-order chi connectivity index (χ1) is 6.99. The smallest absolute Gasteiger partial charge is 0.340 e. The number of carbonyl (C=O) groups excluding carboxylic acids is 1. The Morgan fingerprint density at radius 1 is 1.47 bits per heavy atom. The maximum atomic E-state index is 13.6. The topological polar surface area (TPSA) is 43.4 Å². The van der Waals surface area contributed by atoms with Crippen molar-refractivity contribution in [1.29, 1.82) is 0 Å². The molecule has 0 aliphatic carbocycles. The fourth-order valence-corrected chi connectivity index (χ4v) is 2.03. The minimum absolute atomic E-state index is 0.135. The summed E-state index contributed by atoms with van der Waals surface area (Å²) in [5.74, 6) is -1.40. The zero-order valence-corrected chi connectivity index (χ0v) is 9.48. The van der Waals surface area contributed by atoms with Crippen LogP contribution in [0.25, 0.3) is 0 Å². The van der Waals surface area contributed by atoms with Gasteiger partial charge < -0.3 is 4.74 Å². The number of halogens is 1. The van der Waals surface area contributed by atoms with Gasteiger partial charge in [0.25, 0.3) is 0 Å². The number of hydrogen-bond donors (Lipinski definition) is 0. The van der Waals surface area contributed by atoms with E-state index in [-0.39, 0.29) is 11.1 Å². The van der Waals surface area contributed by atoms with Crippen LogP contribution in [-0.2, 0) is 15.5 Å². The van der Waals surface area contributed by atoms with Gasteiger partial charge in [0.05, 0.1) is 23.5 Å². The van der Waals surface area contributed by atoms with Gasteiger partial charge in [-0.1, -0.05) is 0 Å². The maximum Gasteiger partial charge on any atom is 0.340 e. The molecule has 5 heteroatoms. The molecule has 1 aromatic rings. The molecule has 0 radical (unpaired) electrons. The molecule has 0 saturated carbocycles. The second-order valence-electron chi connectivity index (χ2n) is 3.00. The van der Waals surface area contributed by atoms with Gasteiger partial charge in [-0.05, 0) is 19.1 Å². The quantitative estimate of drug-likeness (QED) is 0.726. The van der Waals surface area contributed by atoms with Crippen LogP contribution in [0.4, 0.5) is 4.39 Å². The third-order valence-corrected chi connectivity index (χ3v) is 3.11. The number of methoxy groups -OCH3 is 1. The van der Waals surface area contributed by atoms with Crippen LogP contribution in [-0.4, -0.2) is 23.5 Å². The van der Waals surface area contributed by atoms with Gasteiger partial charge in [0.1, 0.15) is 5.82 Å². The van der Waals surface area contributed by atoms with E-state index in [1.165, 1.54) is 32.4 Å². The van der Waals surface area contributed by atoms with Crippen LogP contribution in [0.1, 0.15) is 15.9 Å². The van der Waals surface area contributed by atoms with E-state index in [0.717, 1.165) is 0 Å².